The van der Waals surface area contributed by atoms with E-state index in [0.717, 1.165) is 4.90 Å². The summed E-state index contributed by atoms with van der Waals surface area (Å²) in [5.41, 5.74) is 0.458. The van der Waals surface area contributed by atoms with Gasteiger partial charge in [-0.15, -0.1) is 6.58 Å². The number of furan rings is 1. The first-order valence-electron chi connectivity index (χ1n) is 5.15. The zero-order valence-electron chi connectivity index (χ0n) is 9.38. The zero-order valence-corrected chi connectivity index (χ0v) is 9.38. The topological polar surface area (TPSA) is 79.6 Å². The Hall–Kier alpha value is -2.63. The molecule has 0 bridgehead atoms. The highest BCUT2D eigenvalue weighted by Crippen LogP contribution is 2.14. The van der Waals surface area contributed by atoms with Crippen molar-refractivity contribution in [2.45, 2.75) is 0 Å². The van der Waals surface area contributed by atoms with E-state index in [1.807, 2.05) is 0 Å². The van der Waals surface area contributed by atoms with Crippen LogP contribution in [0.5, 0.6) is 0 Å². The smallest absolute Gasteiger partial charge is 0.331 e. The lowest BCUT2D eigenvalue weighted by atomic mass is 10.1. The van der Waals surface area contributed by atoms with E-state index < -0.39 is 17.8 Å². The molecule has 1 aliphatic heterocycles. The molecule has 0 aromatic carbocycles. The number of carbonyl (C=O) groups excluding carboxylic acids is 3. The number of urea groups is 1. The fraction of sp³-hybridized carbons (Fsp3) is 0.0833. The van der Waals surface area contributed by atoms with E-state index in [2.05, 4.69) is 11.9 Å². The lowest BCUT2D eigenvalue weighted by Gasteiger charge is -2.24. The third kappa shape index (κ3) is 2.08. The van der Waals surface area contributed by atoms with E-state index in [0.29, 0.717) is 5.56 Å². The van der Waals surface area contributed by atoms with E-state index in [-0.39, 0.29) is 12.1 Å². The summed E-state index contributed by atoms with van der Waals surface area (Å²) in [6.07, 6.45) is 5.58. The van der Waals surface area contributed by atoms with Gasteiger partial charge in [0.1, 0.15) is 5.57 Å². The molecule has 0 spiro atoms. The number of barbiturate groups is 1. The molecule has 1 aromatic heterocycles. The SMILES string of the molecule is C=CCN1C(=O)NC(=O)C(=Cc2ccoc2)C1=O. The molecule has 6 nitrogen and oxygen atoms in total. The molecule has 0 aliphatic carbocycles. The van der Waals surface area contributed by atoms with Crippen LogP contribution in [0.15, 0.2) is 41.2 Å². The maximum atomic E-state index is 12.0. The minimum Gasteiger partial charge on any atom is -0.472 e. The molecule has 0 unspecified atom stereocenters. The summed E-state index contributed by atoms with van der Waals surface area (Å²) in [7, 11) is 0. The van der Waals surface area contributed by atoms with Crippen LogP contribution in [0.25, 0.3) is 6.08 Å². The third-order valence-corrected chi connectivity index (χ3v) is 2.35. The summed E-state index contributed by atoms with van der Waals surface area (Å²) in [5, 5.41) is 2.09. The Kier molecular flexibility index (Phi) is 3.09. The largest absolute Gasteiger partial charge is 0.472 e. The maximum absolute atomic E-state index is 12.0. The molecule has 2 heterocycles. The Morgan fingerprint density at radius 1 is 1.39 bits per heavy atom. The third-order valence-electron chi connectivity index (χ3n) is 2.35. The normalized spacial score (nSPS) is 18.1. The molecule has 1 aromatic rings. The highest BCUT2D eigenvalue weighted by molar-refractivity contribution is 6.31. The summed E-state index contributed by atoms with van der Waals surface area (Å²) < 4.78 is 4.84. The second-order valence-corrected chi connectivity index (χ2v) is 3.58. The summed E-state index contributed by atoms with van der Waals surface area (Å²) >= 11 is 0. The van der Waals surface area contributed by atoms with Crippen molar-refractivity contribution in [3.05, 3.63) is 42.4 Å². The molecular formula is C12H10N2O4. The molecule has 18 heavy (non-hydrogen) atoms. The maximum Gasteiger partial charge on any atom is 0.331 e. The fourth-order valence-electron chi connectivity index (χ4n) is 1.51. The van der Waals surface area contributed by atoms with E-state index >= 15 is 0 Å². The monoisotopic (exact) mass is 246 g/mol. The number of hydrogen-bond donors (Lipinski definition) is 1. The van der Waals surface area contributed by atoms with E-state index in [1.54, 1.807) is 6.07 Å². The van der Waals surface area contributed by atoms with Gasteiger partial charge < -0.3 is 4.42 Å². The van der Waals surface area contributed by atoms with Crippen LogP contribution in [-0.2, 0) is 9.59 Å². The van der Waals surface area contributed by atoms with E-state index in [4.69, 9.17) is 4.42 Å². The molecule has 1 saturated heterocycles. The van der Waals surface area contributed by atoms with Crippen LogP contribution in [0.2, 0.25) is 0 Å². The molecule has 6 heteroatoms. The predicted octanol–water partition coefficient (Wildman–Crippen LogP) is 0.927. The van der Waals surface area contributed by atoms with Crippen LogP contribution >= 0.6 is 0 Å². The Morgan fingerprint density at radius 3 is 2.78 bits per heavy atom. The lowest BCUT2D eigenvalue weighted by molar-refractivity contribution is -0.129. The van der Waals surface area contributed by atoms with Crippen molar-refractivity contribution in [2.24, 2.45) is 0 Å². The van der Waals surface area contributed by atoms with Crippen molar-refractivity contribution >= 4 is 23.9 Å². The molecule has 2 rings (SSSR count). The highest BCUT2D eigenvalue weighted by atomic mass is 16.3. The Bertz CT molecular complexity index is 542. The average Bonchev–Trinajstić information content (AvgIpc) is 2.83. The van der Waals surface area contributed by atoms with Crippen LogP contribution in [0.4, 0.5) is 4.79 Å². The molecule has 1 fully saturated rings. The first-order chi connectivity index (χ1) is 8.63. The molecular weight excluding hydrogens is 236 g/mol. The standard InChI is InChI=1S/C12H10N2O4/c1-2-4-14-11(16)9(10(15)13-12(14)17)6-8-3-5-18-7-8/h2-3,5-7H,1,4H2,(H,13,15,17). The average molecular weight is 246 g/mol. The Labute approximate surface area is 103 Å². The predicted molar refractivity (Wildman–Crippen MR) is 62.1 cm³/mol. The fourth-order valence-corrected chi connectivity index (χ4v) is 1.51. The van der Waals surface area contributed by atoms with Crippen molar-refractivity contribution in [1.82, 2.24) is 10.2 Å². The van der Waals surface area contributed by atoms with E-state index in [9.17, 15) is 14.4 Å². The number of nitrogens with one attached hydrogen (secondary N) is 1. The number of imide groups is 2. The second-order valence-electron chi connectivity index (χ2n) is 3.58. The van der Waals surface area contributed by atoms with Gasteiger partial charge in [0.2, 0.25) is 0 Å². The number of rotatable bonds is 3. The number of hydrogen-bond acceptors (Lipinski definition) is 4. The van der Waals surface area contributed by atoms with E-state index in [1.165, 1.54) is 24.7 Å². The van der Waals surface area contributed by atoms with Crippen LogP contribution in [0.3, 0.4) is 0 Å². The van der Waals surface area contributed by atoms with Gasteiger partial charge in [0.25, 0.3) is 11.8 Å². The summed E-state index contributed by atoms with van der Waals surface area (Å²) in [6.45, 7) is 3.49. The molecule has 1 aliphatic rings. The number of carbonyl (C=O) groups is 3. The summed E-state index contributed by atoms with van der Waals surface area (Å²) in [6, 6.07) is 0.858. The van der Waals surface area contributed by atoms with Crippen LogP contribution in [0, 0.1) is 0 Å². The molecule has 92 valence electrons. The van der Waals surface area contributed by atoms with Crippen molar-refractivity contribution in [1.29, 1.82) is 0 Å². The van der Waals surface area contributed by atoms with Gasteiger partial charge in [-0.3, -0.25) is 19.8 Å². The Balaban J connectivity index is 2.35. The van der Waals surface area contributed by atoms with Gasteiger partial charge in [-0.05, 0) is 12.1 Å². The van der Waals surface area contributed by atoms with Crippen molar-refractivity contribution in [3.8, 4) is 0 Å². The van der Waals surface area contributed by atoms with Gasteiger partial charge in [-0.2, -0.15) is 0 Å². The van der Waals surface area contributed by atoms with Crippen LogP contribution < -0.4 is 5.32 Å². The van der Waals surface area contributed by atoms with Crippen molar-refractivity contribution in [3.63, 3.8) is 0 Å². The molecule has 0 saturated carbocycles. The highest BCUT2D eigenvalue weighted by Gasteiger charge is 2.34. The number of nitrogens with zero attached hydrogens (tertiary/aromatic N) is 1. The van der Waals surface area contributed by atoms with Gasteiger partial charge in [-0.1, -0.05) is 6.08 Å². The van der Waals surface area contributed by atoms with Gasteiger partial charge in [0.05, 0.1) is 12.5 Å². The number of amides is 4. The van der Waals surface area contributed by atoms with Gasteiger partial charge in [0.15, 0.2) is 0 Å². The van der Waals surface area contributed by atoms with Gasteiger partial charge in [0, 0.05) is 12.1 Å². The Morgan fingerprint density at radius 2 is 2.17 bits per heavy atom. The molecule has 0 atom stereocenters. The quantitative estimate of drug-likeness (QED) is 0.488. The second kappa shape index (κ2) is 4.70. The molecule has 1 N–H and O–H groups in total. The summed E-state index contributed by atoms with van der Waals surface area (Å²) in [4.78, 5) is 35.9. The van der Waals surface area contributed by atoms with Crippen molar-refractivity contribution in [2.75, 3.05) is 6.54 Å². The zero-order chi connectivity index (χ0) is 13.1. The van der Waals surface area contributed by atoms with Gasteiger partial charge >= 0.3 is 6.03 Å². The van der Waals surface area contributed by atoms with Crippen LogP contribution in [-0.4, -0.2) is 29.3 Å². The molecule has 4 amide bonds. The summed E-state index contributed by atoms with van der Waals surface area (Å²) in [5.74, 6) is -1.36. The lowest BCUT2D eigenvalue weighted by Crippen LogP contribution is -2.54. The van der Waals surface area contributed by atoms with Crippen molar-refractivity contribution < 1.29 is 18.8 Å². The minimum atomic E-state index is -0.741. The first kappa shape index (κ1) is 11.8. The first-order valence-corrected chi connectivity index (χ1v) is 5.15. The van der Waals surface area contributed by atoms with Gasteiger partial charge in [-0.25, -0.2) is 4.79 Å². The minimum absolute atomic E-state index is 0.0423. The molecule has 0 radical (unpaired) electrons. The van der Waals surface area contributed by atoms with Crippen LogP contribution in [0.1, 0.15) is 5.56 Å².